The summed E-state index contributed by atoms with van der Waals surface area (Å²) in [6.07, 6.45) is 2.39. The topological polar surface area (TPSA) is 49.4 Å². The molecule has 3 atom stereocenters. The number of amides is 1. The Kier molecular flexibility index (Phi) is 5.98. The minimum Gasteiger partial charge on any atom is -0.345 e. The van der Waals surface area contributed by atoms with Crippen molar-refractivity contribution < 1.29 is 9.59 Å². The molecule has 1 saturated heterocycles. The highest BCUT2D eigenvalue weighted by atomic mass is 16.2. The quantitative estimate of drug-likeness (QED) is 0.827. The van der Waals surface area contributed by atoms with Gasteiger partial charge in [0.05, 0.1) is 12.6 Å². The van der Waals surface area contributed by atoms with Crippen LogP contribution in [0.15, 0.2) is 0 Å². The number of nitrogens with one attached hydrogen (secondary N) is 1. The maximum Gasteiger partial charge on any atom is 0.234 e. The van der Waals surface area contributed by atoms with E-state index in [1.54, 1.807) is 0 Å². The number of nitrogens with zero attached hydrogens (tertiary/aromatic N) is 1. The zero-order valence-electron chi connectivity index (χ0n) is 12.9. The van der Waals surface area contributed by atoms with Crippen LogP contribution in [0.1, 0.15) is 47.5 Å². The summed E-state index contributed by atoms with van der Waals surface area (Å²) in [7, 11) is 0. The largest absolute Gasteiger partial charge is 0.345 e. The Labute approximate surface area is 116 Å². The molecule has 1 fully saturated rings. The molecule has 110 valence electrons. The Morgan fingerprint density at radius 3 is 2.42 bits per heavy atom. The molecule has 0 aromatic rings. The first-order valence-corrected chi connectivity index (χ1v) is 7.35. The third kappa shape index (κ3) is 4.94. The number of hydrogen-bond donors (Lipinski definition) is 1. The van der Waals surface area contributed by atoms with Crippen molar-refractivity contribution in [2.75, 3.05) is 13.1 Å². The van der Waals surface area contributed by atoms with E-state index < -0.39 is 0 Å². The molecule has 0 bridgehead atoms. The summed E-state index contributed by atoms with van der Waals surface area (Å²) in [5.41, 5.74) is 0. The van der Waals surface area contributed by atoms with Crippen molar-refractivity contribution in [3.05, 3.63) is 0 Å². The predicted molar refractivity (Wildman–Crippen MR) is 76.9 cm³/mol. The third-order valence-electron chi connectivity index (χ3n) is 4.01. The van der Waals surface area contributed by atoms with Gasteiger partial charge >= 0.3 is 0 Å². The molecular formula is C15H28N2O2. The Morgan fingerprint density at radius 1 is 1.26 bits per heavy atom. The fourth-order valence-electron chi connectivity index (χ4n) is 2.74. The highest BCUT2D eigenvalue weighted by Crippen LogP contribution is 2.20. The zero-order valence-corrected chi connectivity index (χ0v) is 12.9. The van der Waals surface area contributed by atoms with E-state index in [0.29, 0.717) is 18.5 Å². The van der Waals surface area contributed by atoms with Crippen molar-refractivity contribution in [1.82, 2.24) is 10.2 Å². The Morgan fingerprint density at radius 2 is 1.89 bits per heavy atom. The van der Waals surface area contributed by atoms with Crippen LogP contribution in [0, 0.1) is 11.8 Å². The lowest BCUT2D eigenvalue weighted by molar-refractivity contribution is -0.129. The standard InChI is InChI=1S/C15H28N2O2/c1-10(2)15(13(5)18)16-14(19)9-17-8-11(3)6-7-12(17)4/h10-12,15H,6-9H2,1-5H3,(H,16,19). The van der Waals surface area contributed by atoms with Gasteiger partial charge in [-0.25, -0.2) is 0 Å². The summed E-state index contributed by atoms with van der Waals surface area (Å²) in [6.45, 7) is 11.2. The maximum atomic E-state index is 12.1. The van der Waals surface area contributed by atoms with Crippen LogP contribution in [0.3, 0.4) is 0 Å². The van der Waals surface area contributed by atoms with E-state index in [-0.39, 0.29) is 23.7 Å². The molecule has 0 spiro atoms. The maximum absolute atomic E-state index is 12.1. The lowest BCUT2D eigenvalue weighted by Gasteiger charge is -2.36. The lowest BCUT2D eigenvalue weighted by Crippen LogP contribution is -2.50. The summed E-state index contributed by atoms with van der Waals surface area (Å²) >= 11 is 0. The van der Waals surface area contributed by atoms with Gasteiger partial charge in [-0.3, -0.25) is 14.5 Å². The van der Waals surface area contributed by atoms with Gasteiger partial charge < -0.3 is 5.32 Å². The van der Waals surface area contributed by atoms with Crippen LogP contribution in [0.4, 0.5) is 0 Å². The van der Waals surface area contributed by atoms with Crippen molar-refractivity contribution >= 4 is 11.7 Å². The SMILES string of the molecule is CC(=O)C(NC(=O)CN1CC(C)CCC1C)C(C)C. The van der Waals surface area contributed by atoms with Crippen molar-refractivity contribution in [2.45, 2.75) is 59.5 Å². The van der Waals surface area contributed by atoms with E-state index in [1.165, 1.54) is 13.3 Å². The molecule has 4 nitrogen and oxygen atoms in total. The average Bonchev–Trinajstić information content (AvgIpc) is 2.30. The molecule has 0 aromatic heterocycles. The fraction of sp³-hybridized carbons (Fsp3) is 0.867. The second-order valence-corrected chi connectivity index (χ2v) is 6.36. The van der Waals surface area contributed by atoms with Crippen LogP contribution in [0.5, 0.6) is 0 Å². The number of ketones is 1. The number of carbonyl (C=O) groups excluding carboxylic acids is 2. The van der Waals surface area contributed by atoms with Gasteiger partial charge in [0.2, 0.25) is 5.91 Å². The van der Waals surface area contributed by atoms with Crippen LogP contribution >= 0.6 is 0 Å². The van der Waals surface area contributed by atoms with Crippen LogP contribution < -0.4 is 5.32 Å². The molecule has 0 radical (unpaired) electrons. The number of hydrogen-bond acceptors (Lipinski definition) is 3. The lowest BCUT2D eigenvalue weighted by atomic mass is 9.95. The normalized spacial score (nSPS) is 26.2. The van der Waals surface area contributed by atoms with Crippen molar-refractivity contribution in [3.63, 3.8) is 0 Å². The average molecular weight is 268 g/mol. The van der Waals surface area contributed by atoms with E-state index in [1.807, 2.05) is 13.8 Å². The smallest absolute Gasteiger partial charge is 0.234 e. The summed E-state index contributed by atoms with van der Waals surface area (Å²) in [5, 5.41) is 2.87. The van der Waals surface area contributed by atoms with Gasteiger partial charge in [0.15, 0.2) is 5.78 Å². The molecule has 4 heteroatoms. The summed E-state index contributed by atoms with van der Waals surface area (Å²) < 4.78 is 0. The van der Waals surface area contributed by atoms with Gasteiger partial charge in [-0.2, -0.15) is 0 Å². The van der Waals surface area contributed by atoms with Gasteiger partial charge in [0, 0.05) is 12.6 Å². The van der Waals surface area contributed by atoms with Gasteiger partial charge in [-0.1, -0.05) is 20.8 Å². The molecule has 1 aliphatic rings. The molecule has 1 rings (SSSR count). The number of carbonyl (C=O) groups is 2. The number of likely N-dealkylation sites (tertiary alicyclic amines) is 1. The number of Topliss-reactive ketones (excluding diaryl/α,β-unsaturated/α-hetero) is 1. The summed E-state index contributed by atoms with van der Waals surface area (Å²) in [4.78, 5) is 25.8. The second kappa shape index (κ2) is 7.04. The van der Waals surface area contributed by atoms with Crippen LogP contribution in [-0.2, 0) is 9.59 Å². The molecule has 1 aliphatic heterocycles. The highest BCUT2D eigenvalue weighted by molar-refractivity contribution is 5.88. The highest BCUT2D eigenvalue weighted by Gasteiger charge is 2.26. The zero-order chi connectivity index (χ0) is 14.6. The van der Waals surface area contributed by atoms with E-state index in [9.17, 15) is 9.59 Å². The third-order valence-corrected chi connectivity index (χ3v) is 4.01. The Hall–Kier alpha value is -0.900. The molecule has 1 N–H and O–H groups in total. The van der Waals surface area contributed by atoms with Gasteiger partial charge in [0.25, 0.3) is 0 Å². The first-order chi connectivity index (χ1) is 8.81. The van der Waals surface area contributed by atoms with Crippen LogP contribution in [0.25, 0.3) is 0 Å². The van der Waals surface area contributed by atoms with E-state index in [0.717, 1.165) is 13.0 Å². The fourth-order valence-corrected chi connectivity index (χ4v) is 2.74. The molecule has 0 aliphatic carbocycles. The van der Waals surface area contributed by atoms with Crippen molar-refractivity contribution in [1.29, 1.82) is 0 Å². The van der Waals surface area contributed by atoms with E-state index in [2.05, 4.69) is 24.1 Å². The summed E-state index contributed by atoms with van der Waals surface area (Å²) in [5.74, 6) is 0.787. The molecule has 1 heterocycles. The van der Waals surface area contributed by atoms with E-state index >= 15 is 0 Å². The molecule has 0 saturated carbocycles. The van der Waals surface area contributed by atoms with Gasteiger partial charge in [0.1, 0.15) is 0 Å². The molecule has 19 heavy (non-hydrogen) atoms. The minimum atomic E-state index is -0.356. The molecule has 1 amide bonds. The van der Waals surface area contributed by atoms with Crippen LogP contribution in [0.2, 0.25) is 0 Å². The Bertz CT molecular complexity index is 328. The first-order valence-electron chi connectivity index (χ1n) is 7.35. The van der Waals surface area contributed by atoms with Crippen molar-refractivity contribution in [2.24, 2.45) is 11.8 Å². The molecule has 3 unspecified atom stereocenters. The Balaban J connectivity index is 2.51. The van der Waals surface area contributed by atoms with Gasteiger partial charge in [-0.15, -0.1) is 0 Å². The molecular weight excluding hydrogens is 240 g/mol. The van der Waals surface area contributed by atoms with Crippen LogP contribution in [-0.4, -0.2) is 41.8 Å². The second-order valence-electron chi connectivity index (χ2n) is 6.36. The molecule has 0 aromatic carbocycles. The monoisotopic (exact) mass is 268 g/mol. The number of rotatable bonds is 5. The van der Waals surface area contributed by atoms with Crippen molar-refractivity contribution in [3.8, 4) is 0 Å². The number of piperidine rings is 1. The first kappa shape index (κ1) is 16.2. The summed E-state index contributed by atoms with van der Waals surface area (Å²) in [6, 6.07) is 0.0989. The predicted octanol–water partition coefficient (Wildman–Crippen LogP) is 1.84. The van der Waals surface area contributed by atoms with Gasteiger partial charge in [-0.05, 0) is 38.5 Å². The van der Waals surface area contributed by atoms with E-state index in [4.69, 9.17) is 0 Å². The minimum absolute atomic E-state index is 0.0309.